The molecule has 88 valence electrons. The zero-order valence-electron chi connectivity index (χ0n) is 9.95. The van der Waals surface area contributed by atoms with Crippen LogP contribution in [0.4, 0.5) is 0 Å². The van der Waals surface area contributed by atoms with Crippen molar-refractivity contribution in [1.82, 2.24) is 4.90 Å². The van der Waals surface area contributed by atoms with Gasteiger partial charge in [0.05, 0.1) is 0 Å². The fraction of sp³-hybridized carbons (Fsp3) is 0.786. The molecular formula is C14H21NO. The second kappa shape index (κ2) is 5.50. The number of hydrogen-bond acceptors (Lipinski definition) is 2. The molecular weight excluding hydrogens is 198 g/mol. The van der Waals surface area contributed by atoms with Crippen LogP contribution in [0.25, 0.3) is 0 Å². The topological polar surface area (TPSA) is 20.3 Å². The highest BCUT2D eigenvalue weighted by molar-refractivity contribution is 5.80. The minimum atomic E-state index is 0.481. The molecule has 2 aliphatic heterocycles. The van der Waals surface area contributed by atoms with Crippen molar-refractivity contribution < 1.29 is 4.79 Å². The van der Waals surface area contributed by atoms with E-state index in [9.17, 15) is 4.79 Å². The Morgan fingerprint density at radius 2 is 1.94 bits per heavy atom. The first-order valence-corrected chi connectivity index (χ1v) is 6.52. The molecule has 2 heterocycles. The van der Waals surface area contributed by atoms with Gasteiger partial charge in [0.25, 0.3) is 0 Å². The lowest BCUT2D eigenvalue weighted by Crippen LogP contribution is -2.52. The molecule has 0 spiro atoms. The summed E-state index contributed by atoms with van der Waals surface area (Å²) in [6, 6.07) is 1.09. The molecule has 0 aliphatic carbocycles. The highest BCUT2D eigenvalue weighted by atomic mass is 16.1. The predicted molar refractivity (Wildman–Crippen MR) is 65.1 cm³/mol. The summed E-state index contributed by atoms with van der Waals surface area (Å²) in [5.74, 6) is 3.17. The smallest absolute Gasteiger partial charge is 0.136 e. The predicted octanol–water partition coefficient (Wildman–Crippen LogP) is 2.38. The first-order valence-electron chi connectivity index (χ1n) is 6.52. The molecule has 0 aromatic heterocycles. The van der Waals surface area contributed by atoms with Gasteiger partial charge in [-0.05, 0) is 32.2 Å². The Labute approximate surface area is 98.4 Å². The van der Waals surface area contributed by atoms with E-state index in [0.717, 1.165) is 32.2 Å². The molecule has 0 aromatic carbocycles. The van der Waals surface area contributed by atoms with Crippen LogP contribution in [0.1, 0.15) is 51.4 Å². The van der Waals surface area contributed by atoms with Gasteiger partial charge in [0, 0.05) is 31.3 Å². The van der Waals surface area contributed by atoms with Crippen molar-refractivity contribution in [2.45, 2.75) is 63.5 Å². The average molecular weight is 219 g/mol. The highest BCUT2D eigenvalue weighted by Gasteiger charge is 2.36. The van der Waals surface area contributed by atoms with Crippen LogP contribution in [0.15, 0.2) is 0 Å². The Balaban J connectivity index is 1.84. The summed E-state index contributed by atoms with van der Waals surface area (Å²) in [5.41, 5.74) is 0. The molecule has 0 N–H and O–H groups in total. The van der Waals surface area contributed by atoms with E-state index >= 15 is 0 Å². The third-order valence-corrected chi connectivity index (χ3v) is 3.93. The van der Waals surface area contributed by atoms with Gasteiger partial charge in [0.2, 0.25) is 0 Å². The molecule has 2 aliphatic rings. The quantitative estimate of drug-likeness (QED) is 0.534. The van der Waals surface area contributed by atoms with E-state index in [4.69, 9.17) is 6.42 Å². The van der Waals surface area contributed by atoms with Gasteiger partial charge in [-0.15, -0.1) is 12.3 Å². The molecule has 2 heteroatoms. The molecule has 0 saturated carbocycles. The maximum atomic E-state index is 11.5. The number of carbonyl (C=O) groups excluding carboxylic acids is 1. The Kier molecular flexibility index (Phi) is 4.01. The van der Waals surface area contributed by atoms with Crippen LogP contribution in [0.3, 0.4) is 0 Å². The van der Waals surface area contributed by atoms with Crippen molar-refractivity contribution in [3.05, 3.63) is 0 Å². The molecule has 16 heavy (non-hydrogen) atoms. The number of hydrogen-bond donors (Lipinski definition) is 0. The Bertz CT molecular complexity index is 276. The fourth-order valence-corrected chi connectivity index (χ4v) is 3.15. The maximum Gasteiger partial charge on any atom is 0.136 e. The largest absolute Gasteiger partial charge is 0.300 e. The normalized spacial score (nSPS) is 30.1. The van der Waals surface area contributed by atoms with Crippen molar-refractivity contribution in [3.8, 4) is 12.3 Å². The van der Waals surface area contributed by atoms with E-state index in [2.05, 4.69) is 10.8 Å². The van der Waals surface area contributed by atoms with E-state index in [-0.39, 0.29) is 0 Å². The molecule has 2 rings (SSSR count). The summed E-state index contributed by atoms with van der Waals surface area (Å²) in [6.45, 7) is 1.14. The second-order valence-corrected chi connectivity index (χ2v) is 5.08. The Morgan fingerprint density at radius 1 is 1.25 bits per heavy atom. The lowest BCUT2D eigenvalue weighted by molar-refractivity contribution is -0.127. The molecule has 0 radical (unpaired) electrons. The zero-order valence-corrected chi connectivity index (χ0v) is 9.95. The molecule has 2 saturated heterocycles. The molecule has 0 aromatic rings. The summed E-state index contributed by atoms with van der Waals surface area (Å²) < 4.78 is 0. The van der Waals surface area contributed by atoms with Crippen LogP contribution in [-0.4, -0.2) is 29.3 Å². The summed E-state index contributed by atoms with van der Waals surface area (Å²) in [4.78, 5) is 14.1. The van der Waals surface area contributed by atoms with Crippen LogP contribution in [0, 0.1) is 12.3 Å². The van der Waals surface area contributed by atoms with E-state index in [0.29, 0.717) is 17.9 Å². The van der Waals surface area contributed by atoms with Gasteiger partial charge in [-0.3, -0.25) is 9.69 Å². The summed E-state index contributed by atoms with van der Waals surface area (Å²) in [7, 11) is 0. The minimum absolute atomic E-state index is 0.481. The number of terminal acetylenes is 1. The third-order valence-electron chi connectivity index (χ3n) is 3.93. The SMILES string of the molecule is C#CCCCCN1C2CCCC1CC(=O)C2. The first kappa shape index (κ1) is 11.7. The number of nitrogens with zero attached hydrogens (tertiary/aromatic N) is 1. The van der Waals surface area contributed by atoms with Crippen molar-refractivity contribution in [2.24, 2.45) is 0 Å². The third kappa shape index (κ3) is 2.65. The van der Waals surface area contributed by atoms with Gasteiger partial charge < -0.3 is 0 Å². The van der Waals surface area contributed by atoms with Crippen molar-refractivity contribution >= 4 is 5.78 Å². The number of Topliss-reactive ketones (excluding diaryl/α,β-unsaturated/α-hetero) is 1. The van der Waals surface area contributed by atoms with Crippen LogP contribution in [-0.2, 0) is 4.79 Å². The Morgan fingerprint density at radius 3 is 2.56 bits per heavy atom. The molecule has 0 amide bonds. The van der Waals surface area contributed by atoms with Crippen LogP contribution < -0.4 is 0 Å². The van der Waals surface area contributed by atoms with E-state index < -0.39 is 0 Å². The number of piperidine rings is 2. The van der Waals surface area contributed by atoms with Gasteiger partial charge >= 0.3 is 0 Å². The number of rotatable bonds is 4. The summed E-state index contributed by atoms with van der Waals surface area (Å²) in [5, 5.41) is 0. The van der Waals surface area contributed by atoms with Crippen molar-refractivity contribution in [3.63, 3.8) is 0 Å². The molecule has 2 fully saturated rings. The van der Waals surface area contributed by atoms with Gasteiger partial charge in [-0.25, -0.2) is 0 Å². The number of fused-ring (bicyclic) bond motifs is 2. The summed E-state index contributed by atoms with van der Waals surface area (Å²) in [6.07, 6.45) is 13.8. The lowest BCUT2D eigenvalue weighted by Gasteiger charge is -2.45. The van der Waals surface area contributed by atoms with E-state index in [1.807, 2.05) is 0 Å². The fourth-order valence-electron chi connectivity index (χ4n) is 3.15. The second-order valence-electron chi connectivity index (χ2n) is 5.08. The first-order chi connectivity index (χ1) is 7.81. The minimum Gasteiger partial charge on any atom is -0.300 e. The Hall–Kier alpha value is -0.810. The monoisotopic (exact) mass is 219 g/mol. The van der Waals surface area contributed by atoms with Crippen molar-refractivity contribution in [1.29, 1.82) is 0 Å². The van der Waals surface area contributed by atoms with Crippen molar-refractivity contribution in [2.75, 3.05) is 6.54 Å². The molecule has 2 unspecified atom stereocenters. The number of carbonyl (C=O) groups is 1. The molecule has 2 bridgehead atoms. The van der Waals surface area contributed by atoms with Crippen LogP contribution in [0.2, 0.25) is 0 Å². The van der Waals surface area contributed by atoms with E-state index in [1.165, 1.54) is 25.7 Å². The van der Waals surface area contributed by atoms with Gasteiger partial charge in [0.1, 0.15) is 5.78 Å². The zero-order chi connectivity index (χ0) is 11.4. The van der Waals surface area contributed by atoms with Gasteiger partial charge in [0.15, 0.2) is 0 Å². The average Bonchev–Trinajstić information content (AvgIpc) is 2.25. The number of unbranched alkanes of at least 4 members (excludes halogenated alkanes) is 2. The van der Waals surface area contributed by atoms with Crippen LogP contribution >= 0.6 is 0 Å². The highest BCUT2D eigenvalue weighted by Crippen LogP contribution is 2.32. The van der Waals surface area contributed by atoms with Gasteiger partial charge in [-0.1, -0.05) is 6.42 Å². The van der Waals surface area contributed by atoms with E-state index in [1.54, 1.807) is 0 Å². The van der Waals surface area contributed by atoms with Gasteiger partial charge in [-0.2, -0.15) is 0 Å². The molecule has 2 atom stereocenters. The van der Waals surface area contributed by atoms with Crippen LogP contribution in [0.5, 0.6) is 0 Å². The molecule has 2 nitrogen and oxygen atoms in total. The number of ketones is 1. The summed E-state index contributed by atoms with van der Waals surface area (Å²) >= 11 is 0. The maximum absolute atomic E-state index is 11.5. The standard InChI is InChI=1S/C14H21NO/c1-2-3-4-5-9-15-12-7-6-8-13(15)11-14(16)10-12/h1,12-13H,3-11H2. The lowest BCUT2D eigenvalue weighted by atomic mass is 9.83.